The van der Waals surface area contributed by atoms with E-state index in [0.717, 1.165) is 47.9 Å². The fraction of sp³-hybridized carbons (Fsp3) is 0.297. The normalized spacial score (nSPS) is 14.1. The number of aryl methyl sites for hydroxylation is 1. The summed E-state index contributed by atoms with van der Waals surface area (Å²) in [7, 11) is -4.13. The number of hydrogen-bond donors (Lipinski definition) is 1. The van der Waals surface area contributed by atoms with Gasteiger partial charge in [0.2, 0.25) is 11.8 Å². The molecule has 1 fully saturated rings. The lowest BCUT2D eigenvalue weighted by Crippen LogP contribution is -2.54. The van der Waals surface area contributed by atoms with Gasteiger partial charge in [-0.25, -0.2) is 8.42 Å². The van der Waals surface area contributed by atoms with Crippen molar-refractivity contribution in [2.24, 2.45) is 0 Å². The van der Waals surface area contributed by atoms with Crippen LogP contribution in [0, 0.1) is 13.8 Å². The Kier molecular flexibility index (Phi) is 10.4. The van der Waals surface area contributed by atoms with E-state index in [0.29, 0.717) is 12.1 Å². The Labute approximate surface area is 266 Å². The zero-order valence-electron chi connectivity index (χ0n) is 25.9. The Morgan fingerprint density at radius 1 is 0.778 bits per heavy atom. The average molecular weight is 624 g/mol. The molecule has 7 nitrogen and oxygen atoms in total. The lowest BCUT2D eigenvalue weighted by atomic mass is 10.0. The van der Waals surface area contributed by atoms with Gasteiger partial charge in [0.05, 0.1) is 10.6 Å². The number of hydrogen-bond acceptors (Lipinski definition) is 4. The summed E-state index contributed by atoms with van der Waals surface area (Å²) < 4.78 is 29.6. The lowest BCUT2D eigenvalue weighted by Gasteiger charge is -2.34. The second-order valence-electron chi connectivity index (χ2n) is 11.7. The first kappa shape index (κ1) is 32.0. The van der Waals surface area contributed by atoms with Gasteiger partial charge in [0, 0.05) is 19.0 Å². The standard InChI is InChI=1S/C37H41N3O4S/c1-28-15-14-24-34(29(28)2)40(45(43,44)33-22-10-5-11-23-33)27-36(41)39(26-31-18-8-4-9-19-31)35(25-30-16-6-3-7-17-30)37(42)38-32-20-12-13-21-32/h3-11,14-19,22-24,32,35H,12-13,20-21,25-27H2,1-2H3,(H,38,42). The van der Waals surface area contributed by atoms with E-state index in [1.807, 2.05) is 80.6 Å². The molecule has 0 aromatic heterocycles. The third-order valence-corrected chi connectivity index (χ3v) is 10.4. The van der Waals surface area contributed by atoms with Gasteiger partial charge in [-0.15, -0.1) is 0 Å². The number of rotatable bonds is 12. The van der Waals surface area contributed by atoms with Crippen molar-refractivity contribution in [3.8, 4) is 0 Å². The summed E-state index contributed by atoms with van der Waals surface area (Å²) in [5, 5.41) is 3.21. The second kappa shape index (κ2) is 14.6. The molecule has 1 unspecified atom stereocenters. The summed E-state index contributed by atoms with van der Waals surface area (Å²) in [6.45, 7) is 3.47. The number of amides is 2. The minimum Gasteiger partial charge on any atom is -0.352 e. The van der Waals surface area contributed by atoms with E-state index >= 15 is 0 Å². The Morgan fingerprint density at radius 2 is 1.36 bits per heavy atom. The molecule has 1 N–H and O–H groups in total. The van der Waals surface area contributed by atoms with E-state index in [-0.39, 0.29) is 23.4 Å². The van der Waals surface area contributed by atoms with Gasteiger partial charge in [0.1, 0.15) is 12.6 Å². The van der Waals surface area contributed by atoms with Gasteiger partial charge in [-0.1, -0.05) is 104 Å². The number of nitrogens with zero attached hydrogens (tertiary/aromatic N) is 2. The maximum atomic E-state index is 14.6. The number of nitrogens with one attached hydrogen (secondary N) is 1. The summed E-state index contributed by atoms with van der Waals surface area (Å²) in [5.74, 6) is -0.680. The summed E-state index contributed by atoms with van der Waals surface area (Å²) >= 11 is 0. The van der Waals surface area contributed by atoms with Gasteiger partial charge >= 0.3 is 0 Å². The van der Waals surface area contributed by atoms with Crippen LogP contribution in [0.5, 0.6) is 0 Å². The molecule has 234 valence electrons. The summed E-state index contributed by atoms with van der Waals surface area (Å²) in [6, 6.07) is 32.0. The topological polar surface area (TPSA) is 86.8 Å². The van der Waals surface area contributed by atoms with Crippen molar-refractivity contribution in [2.45, 2.75) is 69.5 Å². The first-order valence-electron chi connectivity index (χ1n) is 15.6. The molecule has 4 aromatic carbocycles. The maximum absolute atomic E-state index is 14.6. The first-order chi connectivity index (χ1) is 21.7. The highest BCUT2D eigenvalue weighted by Crippen LogP contribution is 2.29. The Hall–Kier alpha value is -4.43. The van der Waals surface area contributed by atoms with Crippen molar-refractivity contribution >= 4 is 27.5 Å². The quantitative estimate of drug-likeness (QED) is 0.204. The molecule has 8 heteroatoms. The van der Waals surface area contributed by atoms with Crippen LogP contribution in [0.15, 0.2) is 114 Å². The molecule has 4 aromatic rings. The number of carbonyl (C=O) groups is 2. The van der Waals surface area contributed by atoms with Crippen LogP contribution in [0.3, 0.4) is 0 Å². The molecule has 0 saturated heterocycles. The van der Waals surface area contributed by atoms with Crippen molar-refractivity contribution < 1.29 is 18.0 Å². The van der Waals surface area contributed by atoms with E-state index in [1.165, 1.54) is 16.4 Å². The van der Waals surface area contributed by atoms with Crippen molar-refractivity contribution in [3.05, 3.63) is 131 Å². The van der Waals surface area contributed by atoms with E-state index in [9.17, 15) is 18.0 Å². The number of sulfonamides is 1. The van der Waals surface area contributed by atoms with Gasteiger partial charge < -0.3 is 10.2 Å². The molecule has 0 spiro atoms. The third-order valence-electron chi connectivity index (χ3n) is 8.62. The van der Waals surface area contributed by atoms with Crippen molar-refractivity contribution in [1.82, 2.24) is 10.2 Å². The molecule has 5 rings (SSSR count). The van der Waals surface area contributed by atoms with E-state index in [4.69, 9.17) is 0 Å². The van der Waals surface area contributed by atoms with E-state index < -0.39 is 28.5 Å². The Bertz CT molecular complexity index is 1690. The van der Waals surface area contributed by atoms with E-state index in [2.05, 4.69) is 5.32 Å². The predicted octanol–water partition coefficient (Wildman–Crippen LogP) is 6.20. The van der Waals surface area contributed by atoms with Gasteiger partial charge in [0.15, 0.2) is 0 Å². The molecule has 1 aliphatic rings. The highest BCUT2D eigenvalue weighted by atomic mass is 32.2. The van der Waals surface area contributed by atoms with Crippen LogP contribution in [0.2, 0.25) is 0 Å². The van der Waals surface area contributed by atoms with Gasteiger partial charge in [-0.05, 0) is 67.1 Å². The minimum absolute atomic E-state index is 0.0642. The van der Waals surface area contributed by atoms with Crippen LogP contribution < -0.4 is 9.62 Å². The molecule has 1 atom stereocenters. The lowest BCUT2D eigenvalue weighted by molar-refractivity contribution is -0.140. The fourth-order valence-electron chi connectivity index (χ4n) is 5.94. The van der Waals surface area contributed by atoms with Crippen LogP contribution in [0.25, 0.3) is 0 Å². The first-order valence-corrected chi connectivity index (χ1v) is 17.0. The Morgan fingerprint density at radius 3 is 1.98 bits per heavy atom. The molecule has 0 heterocycles. The molecule has 1 aliphatic carbocycles. The van der Waals surface area contributed by atoms with E-state index in [1.54, 1.807) is 35.2 Å². The molecular weight excluding hydrogens is 582 g/mol. The molecular formula is C37H41N3O4S. The van der Waals surface area contributed by atoms with Gasteiger partial charge in [0.25, 0.3) is 10.0 Å². The van der Waals surface area contributed by atoms with Gasteiger partial charge in [-0.3, -0.25) is 13.9 Å². The number of anilines is 1. The van der Waals surface area contributed by atoms with Crippen LogP contribution in [0.1, 0.15) is 47.9 Å². The highest BCUT2D eigenvalue weighted by molar-refractivity contribution is 7.92. The van der Waals surface area contributed by atoms with Crippen molar-refractivity contribution in [2.75, 3.05) is 10.8 Å². The molecule has 2 amide bonds. The average Bonchev–Trinajstić information content (AvgIpc) is 3.57. The third kappa shape index (κ3) is 7.81. The van der Waals surface area contributed by atoms with Crippen LogP contribution in [0.4, 0.5) is 5.69 Å². The van der Waals surface area contributed by atoms with Crippen molar-refractivity contribution in [3.63, 3.8) is 0 Å². The molecule has 45 heavy (non-hydrogen) atoms. The zero-order chi connectivity index (χ0) is 31.8. The van der Waals surface area contributed by atoms with Crippen LogP contribution in [-0.4, -0.2) is 43.8 Å². The van der Waals surface area contributed by atoms with Crippen LogP contribution in [-0.2, 0) is 32.6 Å². The smallest absolute Gasteiger partial charge is 0.264 e. The number of benzene rings is 4. The monoisotopic (exact) mass is 623 g/mol. The maximum Gasteiger partial charge on any atom is 0.264 e. The van der Waals surface area contributed by atoms with Crippen molar-refractivity contribution in [1.29, 1.82) is 0 Å². The molecule has 0 aliphatic heterocycles. The number of carbonyl (C=O) groups excluding carboxylic acids is 2. The largest absolute Gasteiger partial charge is 0.352 e. The predicted molar refractivity (Wildman–Crippen MR) is 178 cm³/mol. The second-order valence-corrected chi connectivity index (χ2v) is 13.6. The zero-order valence-corrected chi connectivity index (χ0v) is 26.7. The Balaban J connectivity index is 1.57. The fourth-order valence-corrected chi connectivity index (χ4v) is 7.43. The molecule has 1 saturated carbocycles. The summed E-state index contributed by atoms with van der Waals surface area (Å²) in [6.07, 6.45) is 4.23. The highest BCUT2D eigenvalue weighted by Gasteiger charge is 2.36. The SMILES string of the molecule is Cc1cccc(N(CC(=O)N(Cc2ccccc2)C(Cc2ccccc2)C(=O)NC2CCCC2)S(=O)(=O)c2ccccc2)c1C. The minimum atomic E-state index is -4.13. The van der Waals surface area contributed by atoms with Gasteiger partial charge in [-0.2, -0.15) is 0 Å². The molecule has 0 radical (unpaired) electrons. The molecule has 0 bridgehead atoms. The van der Waals surface area contributed by atoms with Crippen LogP contribution >= 0.6 is 0 Å². The summed E-state index contributed by atoms with van der Waals surface area (Å²) in [5.41, 5.74) is 3.87. The summed E-state index contributed by atoms with van der Waals surface area (Å²) in [4.78, 5) is 30.3.